The summed E-state index contributed by atoms with van der Waals surface area (Å²) in [7, 11) is 0. The lowest BCUT2D eigenvalue weighted by Gasteiger charge is -2.42. The van der Waals surface area contributed by atoms with E-state index in [1.54, 1.807) is 19.1 Å². The summed E-state index contributed by atoms with van der Waals surface area (Å²) < 4.78 is 50.6. The van der Waals surface area contributed by atoms with Crippen LogP contribution in [0.2, 0.25) is 0 Å². The molecule has 2 aromatic rings. The van der Waals surface area contributed by atoms with Crippen LogP contribution in [0.5, 0.6) is 5.75 Å². The van der Waals surface area contributed by atoms with Gasteiger partial charge in [-0.25, -0.2) is 4.39 Å². The predicted molar refractivity (Wildman–Crippen MR) is 173 cm³/mol. The van der Waals surface area contributed by atoms with Crippen molar-refractivity contribution in [1.82, 2.24) is 0 Å². The Labute approximate surface area is 259 Å². The first-order valence-electron chi connectivity index (χ1n) is 17.3. The summed E-state index contributed by atoms with van der Waals surface area (Å²) in [5.41, 5.74) is 1.88. The molecule has 3 aliphatic rings. The third-order valence-corrected chi connectivity index (χ3v) is 11.2. The maximum absolute atomic E-state index is 15.3. The Kier molecular flexibility index (Phi) is 11.2. The molecule has 3 fully saturated rings. The van der Waals surface area contributed by atoms with Gasteiger partial charge in [-0.3, -0.25) is 0 Å². The zero-order valence-corrected chi connectivity index (χ0v) is 26.4. The fraction of sp³-hybridized carbons (Fsp3) is 0.641. The van der Waals surface area contributed by atoms with Gasteiger partial charge in [-0.2, -0.15) is 8.78 Å². The van der Waals surface area contributed by atoms with E-state index < -0.39 is 17.8 Å². The van der Waals surface area contributed by atoms with E-state index in [2.05, 4.69) is 18.8 Å². The second-order valence-corrected chi connectivity index (χ2v) is 13.8. The van der Waals surface area contributed by atoms with Crippen LogP contribution in [-0.4, -0.2) is 6.11 Å². The molecule has 0 bridgehead atoms. The van der Waals surface area contributed by atoms with Crippen LogP contribution in [0.15, 0.2) is 42.5 Å². The number of halogens is 3. The Morgan fingerprint density at radius 2 is 1.33 bits per heavy atom. The molecule has 4 heteroatoms. The molecule has 0 heterocycles. The SMILES string of the molecule is CC#Cc1ccc(-c2ccc(OC(F)(F)C3CCC(C4CCC(C5CCC(CCCCC)CC5)CC4)CC3)cc2F)cc1.[HH]. The number of benzene rings is 2. The van der Waals surface area contributed by atoms with Gasteiger partial charge in [0.05, 0.1) is 5.92 Å². The molecule has 43 heavy (non-hydrogen) atoms. The normalized spacial score (nSPS) is 28.1. The van der Waals surface area contributed by atoms with Crippen molar-refractivity contribution in [2.45, 2.75) is 123 Å². The number of alkyl halides is 2. The number of rotatable bonds is 10. The highest BCUT2D eigenvalue weighted by Gasteiger charge is 2.45. The minimum atomic E-state index is -3.30. The molecular weight excluding hydrogens is 541 g/mol. The summed E-state index contributed by atoms with van der Waals surface area (Å²) in [6.45, 7) is 4.05. The molecule has 3 saturated carbocycles. The number of hydrogen-bond acceptors (Lipinski definition) is 1. The molecule has 0 amide bonds. The van der Waals surface area contributed by atoms with Crippen LogP contribution >= 0.6 is 0 Å². The van der Waals surface area contributed by atoms with E-state index in [9.17, 15) is 4.39 Å². The third kappa shape index (κ3) is 8.40. The van der Waals surface area contributed by atoms with Crippen LogP contribution in [0.3, 0.4) is 0 Å². The van der Waals surface area contributed by atoms with Gasteiger partial charge < -0.3 is 4.74 Å². The fourth-order valence-corrected chi connectivity index (χ4v) is 8.56. The van der Waals surface area contributed by atoms with E-state index in [0.717, 1.165) is 42.2 Å². The van der Waals surface area contributed by atoms with E-state index in [-0.39, 0.29) is 7.18 Å². The van der Waals surface area contributed by atoms with Crippen molar-refractivity contribution in [3.8, 4) is 28.7 Å². The zero-order chi connectivity index (χ0) is 30.2. The fourth-order valence-electron chi connectivity index (χ4n) is 8.56. The Hall–Kier alpha value is -2.41. The van der Waals surface area contributed by atoms with Crippen LogP contribution in [0.25, 0.3) is 11.1 Å². The van der Waals surface area contributed by atoms with Crippen LogP contribution in [0.4, 0.5) is 13.2 Å². The molecule has 236 valence electrons. The van der Waals surface area contributed by atoms with E-state index >= 15 is 8.78 Å². The largest absolute Gasteiger partial charge is 0.432 e. The summed E-state index contributed by atoms with van der Waals surface area (Å²) in [4.78, 5) is 0. The van der Waals surface area contributed by atoms with Gasteiger partial charge in [0.25, 0.3) is 0 Å². The Balaban J connectivity index is 0.00000442. The van der Waals surface area contributed by atoms with E-state index in [1.165, 1.54) is 89.2 Å². The topological polar surface area (TPSA) is 9.23 Å². The number of hydrogen-bond donors (Lipinski definition) is 0. The van der Waals surface area contributed by atoms with Gasteiger partial charge in [0.1, 0.15) is 11.6 Å². The van der Waals surface area contributed by atoms with Crippen LogP contribution in [-0.2, 0) is 0 Å². The van der Waals surface area contributed by atoms with Crippen molar-refractivity contribution in [3.05, 3.63) is 53.8 Å². The molecule has 0 aromatic heterocycles. The molecular formula is C39H53F3O. The maximum atomic E-state index is 15.3. The first-order valence-corrected chi connectivity index (χ1v) is 17.3. The van der Waals surface area contributed by atoms with Crippen molar-refractivity contribution in [2.75, 3.05) is 0 Å². The Bertz CT molecular complexity index is 1210. The van der Waals surface area contributed by atoms with Crippen LogP contribution < -0.4 is 4.74 Å². The predicted octanol–water partition coefficient (Wildman–Crippen LogP) is 12.1. The van der Waals surface area contributed by atoms with Gasteiger partial charge in [0.15, 0.2) is 0 Å². The summed E-state index contributed by atoms with van der Waals surface area (Å²) in [6, 6.07) is 11.3. The van der Waals surface area contributed by atoms with E-state index in [1.807, 2.05) is 12.1 Å². The van der Waals surface area contributed by atoms with Gasteiger partial charge in [-0.1, -0.05) is 63.5 Å². The van der Waals surface area contributed by atoms with Gasteiger partial charge in [-0.15, -0.1) is 5.92 Å². The lowest BCUT2D eigenvalue weighted by Crippen LogP contribution is -2.38. The summed E-state index contributed by atoms with van der Waals surface area (Å²) >= 11 is 0. The third-order valence-electron chi connectivity index (χ3n) is 11.2. The van der Waals surface area contributed by atoms with Crippen molar-refractivity contribution in [3.63, 3.8) is 0 Å². The molecule has 0 spiro atoms. The van der Waals surface area contributed by atoms with Gasteiger partial charge in [0, 0.05) is 18.6 Å². The molecule has 1 nitrogen and oxygen atoms in total. The second-order valence-electron chi connectivity index (χ2n) is 13.8. The summed E-state index contributed by atoms with van der Waals surface area (Å²) in [5, 5.41) is 0. The van der Waals surface area contributed by atoms with Crippen molar-refractivity contribution in [1.29, 1.82) is 0 Å². The van der Waals surface area contributed by atoms with Crippen LogP contribution in [0.1, 0.15) is 124 Å². The molecule has 0 atom stereocenters. The number of unbranched alkanes of at least 4 members (excludes halogenated alkanes) is 2. The van der Waals surface area contributed by atoms with E-state index in [0.29, 0.717) is 35.8 Å². The maximum Gasteiger partial charge on any atom is 0.400 e. The highest BCUT2D eigenvalue weighted by atomic mass is 19.3. The average Bonchev–Trinajstić information content (AvgIpc) is 3.02. The minimum Gasteiger partial charge on any atom is -0.432 e. The standard InChI is InChI=1S/C39H51F3O.H2/c1-3-5-6-8-29-9-13-30(14-10-29)31-17-19-32(20-18-31)33-21-23-35(24-22-33)39(41,42)43-36-25-26-37(38(40)27-36)34-15-11-28(7-4-2)12-16-34;/h11-12,15-16,25-27,29-33,35H,3,5-6,8-10,13-14,17-24H2,1-2H3;1H. The molecule has 0 unspecified atom stereocenters. The smallest absolute Gasteiger partial charge is 0.400 e. The van der Waals surface area contributed by atoms with Gasteiger partial charge >= 0.3 is 6.11 Å². The molecule has 0 saturated heterocycles. The molecule has 0 radical (unpaired) electrons. The van der Waals surface area contributed by atoms with Gasteiger partial charge in [-0.05, 0) is 131 Å². The van der Waals surface area contributed by atoms with E-state index in [4.69, 9.17) is 4.74 Å². The highest BCUT2D eigenvalue weighted by molar-refractivity contribution is 5.66. The molecule has 2 aromatic carbocycles. The Morgan fingerprint density at radius 3 is 1.86 bits per heavy atom. The Morgan fingerprint density at radius 1 is 0.767 bits per heavy atom. The molecule has 3 aliphatic carbocycles. The average molecular weight is 595 g/mol. The van der Waals surface area contributed by atoms with Crippen LogP contribution in [0, 0.1) is 53.2 Å². The lowest BCUT2D eigenvalue weighted by atomic mass is 9.65. The molecule has 0 aliphatic heterocycles. The summed E-state index contributed by atoms with van der Waals surface area (Å²) in [5.74, 6) is 8.35. The zero-order valence-electron chi connectivity index (χ0n) is 26.4. The monoisotopic (exact) mass is 594 g/mol. The van der Waals surface area contributed by atoms with Crippen molar-refractivity contribution >= 4 is 0 Å². The van der Waals surface area contributed by atoms with Crippen molar-refractivity contribution in [2.24, 2.45) is 35.5 Å². The minimum absolute atomic E-state index is 0. The first kappa shape index (κ1) is 32.0. The first-order chi connectivity index (χ1) is 20.9. The highest BCUT2D eigenvalue weighted by Crippen LogP contribution is 2.48. The summed E-state index contributed by atoms with van der Waals surface area (Å²) in [6.07, 6.45) is 15.9. The second kappa shape index (κ2) is 15.0. The van der Waals surface area contributed by atoms with Crippen molar-refractivity contribution < 1.29 is 19.3 Å². The number of ether oxygens (including phenoxy) is 1. The quantitative estimate of drug-likeness (QED) is 0.196. The molecule has 5 rings (SSSR count). The lowest BCUT2D eigenvalue weighted by molar-refractivity contribution is -0.224. The molecule has 0 N–H and O–H groups in total. The van der Waals surface area contributed by atoms with Gasteiger partial charge in [0.2, 0.25) is 0 Å².